The van der Waals surface area contributed by atoms with Gasteiger partial charge in [0.05, 0.1) is 5.92 Å². The number of carbonyl (C=O) groups excluding carboxylic acids is 2. The van der Waals surface area contributed by atoms with Gasteiger partial charge < -0.3 is 16.0 Å². The average molecular weight is 319 g/mol. The van der Waals surface area contributed by atoms with E-state index in [0.717, 1.165) is 19.5 Å². The van der Waals surface area contributed by atoms with Crippen LogP contribution in [0.15, 0.2) is 18.2 Å². The van der Waals surface area contributed by atoms with Gasteiger partial charge in [-0.25, -0.2) is 4.39 Å². The lowest BCUT2D eigenvalue weighted by Crippen LogP contribution is -2.55. The van der Waals surface area contributed by atoms with Crippen LogP contribution in [0.5, 0.6) is 0 Å². The summed E-state index contributed by atoms with van der Waals surface area (Å²) in [6.07, 6.45) is 0.948. The summed E-state index contributed by atoms with van der Waals surface area (Å²) in [4.78, 5) is 24.6. The molecule has 2 aliphatic heterocycles. The minimum Gasteiger partial charge on any atom is -0.352 e. The third kappa shape index (κ3) is 3.22. The van der Waals surface area contributed by atoms with E-state index in [1.165, 1.54) is 12.1 Å². The number of nitrogens with one attached hydrogen (secondary N) is 3. The SMILES string of the molecule is CC1(C)CNCCC1NC(=O)C1CC(=O)Nc2cc(F)ccc21. The van der Waals surface area contributed by atoms with E-state index in [2.05, 4.69) is 29.8 Å². The highest BCUT2D eigenvalue weighted by Crippen LogP contribution is 2.34. The van der Waals surface area contributed by atoms with E-state index < -0.39 is 11.7 Å². The van der Waals surface area contributed by atoms with E-state index in [4.69, 9.17) is 0 Å². The van der Waals surface area contributed by atoms with Crippen LogP contribution < -0.4 is 16.0 Å². The first-order valence-corrected chi connectivity index (χ1v) is 7.97. The molecule has 1 saturated heterocycles. The normalized spacial score (nSPS) is 26.1. The molecule has 0 aromatic heterocycles. The predicted molar refractivity (Wildman–Crippen MR) is 85.6 cm³/mol. The molecule has 0 bridgehead atoms. The lowest BCUT2D eigenvalue weighted by Gasteiger charge is -2.40. The van der Waals surface area contributed by atoms with Gasteiger partial charge in [-0.05, 0) is 36.1 Å². The third-order valence-electron chi connectivity index (χ3n) is 4.82. The van der Waals surface area contributed by atoms with Gasteiger partial charge in [0.25, 0.3) is 0 Å². The van der Waals surface area contributed by atoms with Gasteiger partial charge in [-0.1, -0.05) is 19.9 Å². The van der Waals surface area contributed by atoms with Crippen molar-refractivity contribution in [2.24, 2.45) is 5.41 Å². The summed E-state index contributed by atoms with van der Waals surface area (Å²) in [6, 6.07) is 4.24. The molecule has 2 heterocycles. The van der Waals surface area contributed by atoms with Gasteiger partial charge in [0, 0.05) is 24.7 Å². The lowest BCUT2D eigenvalue weighted by atomic mass is 9.79. The lowest BCUT2D eigenvalue weighted by molar-refractivity contribution is -0.127. The molecule has 1 aromatic carbocycles. The second-order valence-electron chi connectivity index (χ2n) is 7.05. The summed E-state index contributed by atoms with van der Waals surface area (Å²) in [5.74, 6) is -1.41. The van der Waals surface area contributed by atoms with Gasteiger partial charge in [0.15, 0.2) is 0 Å². The molecule has 2 aliphatic rings. The van der Waals surface area contributed by atoms with Crippen LogP contribution in [0.2, 0.25) is 0 Å². The minimum absolute atomic E-state index is 0.0452. The minimum atomic E-state index is -0.565. The second kappa shape index (κ2) is 5.92. The van der Waals surface area contributed by atoms with Crippen LogP contribution in [0.1, 0.15) is 38.2 Å². The molecule has 0 radical (unpaired) electrons. The number of piperidine rings is 1. The Labute approximate surface area is 135 Å². The number of amides is 2. The molecule has 1 aromatic rings. The van der Waals surface area contributed by atoms with Crippen LogP contribution in [0.25, 0.3) is 0 Å². The van der Waals surface area contributed by atoms with Crippen LogP contribution >= 0.6 is 0 Å². The van der Waals surface area contributed by atoms with Crippen molar-refractivity contribution in [3.05, 3.63) is 29.6 Å². The number of halogens is 1. The van der Waals surface area contributed by atoms with Crippen molar-refractivity contribution in [3.8, 4) is 0 Å². The van der Waals surface area contributed by atoms with Gasteiger partial charge in [0.2, 0.25) is 11.8 Å². The van der Waals surface area contributed by atoms with Gasteiger partial charge in [-0.2, -0.15) is 0 Å². The zero-order chi connectivity index (χ0) is 16.6. The van der Waals surface area contributed by atoms with E-state index in [-0.39, 0.29) is 29.7 Å². The Balaban J connectivity index is 1.81. The van der Waals surface area contributed by atoms with Crippen molar-refractivity contribution in [3.63, 3.8) is 0 Å². The number of fused-ring (bicyclic) bond motifs is 1. The number of anilines is 1. The van der Waals surface area contributed by atoms with Gasteiger partial charge >= 0.3 is 0 Å². The molecule has 3 N–H and O–H groups in total. The highest BCUT2D eigenvalue weighted by atomic mass is 19.1. The first-order valence-electron chi connectivity index (χ1n) is 7.97. The van der Waals surface area contributed by atoms with Crippen molar-refractivity contribution in [2.45, 2.75) is 38.6 Å². The predicted octanol–water partition coefficient (Wildman–Crippen LogP) is 1.76. The molecule has 23 heavy (non-hydrogen) atoms. The molecule has 2 unspecified atom stereocenters. The standard InChI is InChI=1S/C17H22FN3O2/c1-17(2)9-19-6-5-14(17)21-16(23)12-8-15(22)20-13-7-10(18)3-4-11(12)13/h3-4,7,12,14,19H,5-6,8-9H2,1-2H3,(H,20,22)(H,21,23). The van der Waals surface area contributed by atoms with E-state index in [9.17, 15) is 14.0 Å². The summed E-state index contributed by atoms with van der Waals surface area (Å²) in [7, 11) is 0. The monoisotopic (exact) mass is 319 g/mol. The van der Waals surface area contributed by atoms with Crippen molar-refractivity contribution < 1.29 is 14.0 Å². The molecular formula is C17H22FN3O2. The second-order valence-corrected chi connectivity index (χ2v) is 7.05. The van der Waals surface area contributed by atoms with Crippen molar-refractivity contribution in [1.29, 1.82) is 0 Å². The summed E-state index contributed by atoms with van der Waals surface area (Å²) >= 11 is 0. The quantitative estimate of drug-likeness (QED) is 0.778. The molecule has 0 aliphatic carbocycles. The highest BCUT2D eigenvalue weighted by Gasteiger charge is 2.37. The van der Waals surface area contributed by atoms with Crippen molar-refractivity contribution in [2.75, 3.05) is 18.4 Å². The summed E-state index contributed by atoms with van der Waals surface area (Å²) < 4.78 is 13.4. The zero-order valence-electron chi connectivity index (χ0n) is 13.4. The molecule has 0 saturated carbocycles. The Morgan fingerprint density at radius 1 is 1.39 bits per heavy atom. The summed E-state index contributed by atoms with van der Waals surface area (Å²) in [6.45, 7) is 5.92. The van der Waals surface area contributed by atoms with Gasteiger partial charge in [-0.3, -0.25) is 9.59 Å². The number of benzene rings is 1. The Hall–Kier alpha value is -1.95. The maximum Gasteiger partial charge on any atom is 0.228 e. The van der Waals surface area contributed by atoms with E-state index >= 15 is 0 Å². The Morgan fingerprint density at radius 3 is 2.91 bits per heavy atom. The van der Waals surface area contributed by atoms with Crippen LogP contribution in [-0.2, 0) is 9.59 Å². The highest BCUT2D eigenvalue weighted by molar-refractivity contribution is 6.01. The van der Waals surface area contributed by atoms with Gasteiger partial charge in [0.1, 0.15) is 5.82 Å². The molecule has 124 valence electrons. The Kier molecular flexibility index (Phi) is 4.10. The maximum absolute atomic E-state index is 13.4. The van der Waals surface area contributed by atoms with Crippen LogP contribution in [0.3, 0.4) is 0 Å². The number of hydrogen-bond donors (Lipinski definition) is 3. The molecule has 3 rings (SSSR count). The van der Waals surface area contributed by atoms with Crippen LogP contribution in [0, 0.1) is 11.2 Å². The van der Waals surface area contributed by atoms with E-state index in [1.54, 1.807) is 6.07 Å². The van der Waals surface area contributed by atoms with E-state index in [0.29, 0.717) is 11.3 Å². The zero-order valence-corrected chi connectivity index (χ0v) is 13.4. The first kappa shape index (κ1) is 15.9. The number of rotatable bonds is 2. The molecule has 2 amide bonds. The number of carbonyl (C=O) groups is 2. The maximum atomic E-state index is 13.4. The van der Waals surface area contributed by atoms with Crippen LogP contribution in [-0.4, -0.2) is 30.9 Å². The molecule has 6 heteroatoms. The summed E-state index contributed by atoms with van der Waals surface area (Å²) in [5.41, 5.74) is 1.03. The molecule has 0 spiro atoms. The van der Waals surface area contributed by atoms with Crippen molar-refractivity contribution >= 4 is 17.5 Å². The Bertz CT molecular complexity index is 645. The molecule has 5 nitrogen and oxygen atoms in total. The average Bonchev–Trinajstić information content (AvgIpc) is 2.47. The third-order valence-corrected chi connectivity index (χ3v) is 4.82. The smallest absolute Gasteiger partial charge is 0.228 e. The summed E-state index contributed by atoms with van der Waals surface area (Å²) in [5, 5.41) is 9.07. The van der Waals surface area contributed by atoms with E-state index in [1.807, 2.05) is 0 Å². The van der Waals surface area contributed by atoms with Crippen LogP contribution in [0.4, 0.5) is 10.1 Å². The molecule has 1 fully saturated rings. The van der Waals surface area contributed by atoms with Crippen molar-refractivity contribution in [1.82, 2.24) is 10.6 Å². The first-order chi connectivity index (χ1) is 10.9. The topological polar surface area (TPSA) is 70.2 Å². The van der Waals surface area contributed by atoms with Gasteiger partial charge in [-0.15, -0.1) is 0 Å². The fourth-order valence-corrected chi connectivity index (χ4v) is 3.38. The Morgan fingerprint density at radius 2 is 2.17 bits per heavy atom. The fourth-order valence-electron chi connectivity index (χ4n) is 3.38. The number of hydrogen-bond acceptors (Lipinski definition) is 3. The molecule has 2 atom stereocenters. The largest absolute Gasteiger partial charge is 0.352 e. The molecular weight excluding hydrogens is 297 g/mol. The fraction of sp³-hybridized carbons (Fsp3) is 0.529.